The molecule has 0 atom stereocenters. The summed E-state index contributed by atoms with van der Waals surface area (Å²) in [7, 11) is 0. The molecule has 0 spiro atoms. The Kier molecular flexibility index (Phi) is 9.98. The minimum atomic E-state index is -0.368. The number of aliphatic hydroxyl groups excluding tert-OH is 1. The fourth-order valence-electron chi connectivity index (χ4n) is 1.29. The van der Waals surface area contributed by atoms with Crippen LogP contribution >= 0.6 is 0 Å². The number of unbranched alkanes of at least 4 members (excludes halogenated alkanes) is 6. The molecule has 0 aliphatic carbocycles. The lowest BCUT2D eigenvalue weighted by atomic mass is 10.1. The van der Waals surface area contributed by atoms with Crippen molar-refractivity contribution in [2.75, 3.05) is 6.61 Å². The van der Waals surface area contributed by atoms with Crippen LogP contribution in [0.3, 0.4) is 0 Å². The van der Waals surface area contributed by atoms with Crippen LogP contribution in [0.4, 0.5) is 4.39 Å². The van der Waals surface area contributed by atoms with Crippen molar-refractivity contribution in [1.82, 2.24) is 0 Å². The molecule has 0 aliphatic rings. The number of hydrogen-bond acceptors (Lipinski definition) is 1. The molecule has 0 saturated heterocycles. The van der Waals surface area contributed by atoms with Gasteiger partial charge in [-0.1, -0.05) is 38.3 Å². The van der Waals surface area contributed by atoms with Gasteiger partial charge in [-0.05, 0) is 25.3 Å². The molecule has 82 valence electrons. The molecule has 1 N–H and O–H groups in total. The summed E-state index contributed by atoms with van der Waals surface area (Å²) in [6.07, 6.45) is 10.9. The molecule has 0 saturated carbocycles. The molecule has 0 amide bonds. The van der Waals surface area contributed by atoms with E-state index >= 15 is 0 Å². The molecule has 0 bridgehead atoms. The lowest BCUT2D eigenvalue weighted by Crippen LogP contribution is -1.83. The van der Waals surface area contributed by atoms with Crippen LogP contribution in [-0.2, 0) is 0 Å². The van der Waals surface area contributed by atoms with Gasteiger partial charge in [-0.3, -0.25) is 0 Å². The molecule has 14 heavy (non-hydrogen) atoms. The summed E-state index contributed by atoms with van der Waals surface area (Å²) >= 11 is 0. The van der Waals surface area contributed by atoms with Crippen LogP contribution in [-0.4, -0.2) is 11.7 Å². The minimum Gasteiger partial charge on any atom is -0.396 e. The van der Waals surface area contributed by atoms with Crippen LogP contribution < -0.4 is 0 Å². The minimum absolute atomic E-state index is 0.307. The van der Waals surface area contributed by atoms with E-state index in [0.717, 1.165) is 25.7 Å². The van der Waals surface area contributed by atoms with Crippen molar-refractivity contribution in [2.45, 2.75) is 44.9 Å². The quantitative estimate of drug-likeness (QED) is 0.444. The van der Waals surface area contributed by atoms with E-state index in [2.05, 4.69) is 6.58 Å². The highest BCUT2D eigenvalue weighted by Crippen LogP contribution is 2.07. The molecular formula is C12H21FO. The topological polar surface area (TPSA) is 20.2 Å². The molecule has 0 heterocycles. The van der Waals surface area contributed by atoms with Gasteiger partial charge in [-0.15, -0.1) is 0 Å². The van der Waals surface area contributed by atoms with Gasteiger partial charge in [0.2, 0.25) is 0 Å². The second kappa shape index (κ2) is 10.5. The maximum absolute atomic E-state index is 12.1. The van der Waals surface area contributed by atoms with E-state index in [1.165, 1.54) is 25.3 Å². The van der Waals surface area contributed by atoms with Crippen molar-refractivity contribution in [3.05, 3.63) is 24.6 Å². The first-order valence-electron chi connectivity index (χ1n) is 5.39. The first-order valence-corrected chi connectivity index (χ1v) is 5.39. The second-order valence-corrected chi connectivity index (χ2v) is 3.48. The molecular weight excluding hydrogens is 179 g/mol. The van der Waals surface area contributed by atoms with Crippen LogP contribution in [0.5, 0.6) is 0 Å². The summed E-state index contributed by atoms with van der Waals surface area (Å²) in [5.74, 6) is -0.368. The predicted octanol–water partition coefficient (Wildman–Crippen LogP) is 3.75. The van der Waals surface area contributed by atoms with Crippen molar-refractivity contribution in [1.29, 1.82) is 0 Å². The number of halogens is 1. The largest absolute Gasteiger partial charge is 0.396 e. The third-order valence-electron chi connectivity index (χ3n) is 2.08. The zero-order valence-corrected chi connectivity index (χ0v) is 8.84. The van der Waals surface area contributed by atoms with Gasteiger partial charge in [0.1, 0.15) is 5.83 Å². The Morgan fingerprint density at radius 2 is 1.64 bits per heavy atom. The van der Waals surface area contributed by atoms with Crippen molar-refractivity contribution < 1.29 is 9.50 Å². The molecule has 2 heteroatoms. The molecule has 0 aromatic carbocycles. The summed E-state index contributed by atoms with van der Waals surface area (Å²) < 4.78 is 12.1. The third-order valence-corrected chi connectivity index (χ3v) is 2.08. The lowest BCUT2D eigenvalue weighted by Gasteiger charge is -1.98. The number of allylic oxidation sites excluding steroid dienone is 3. The van der Waals surface area contributed by atoms with Crippen LogP contribution in [0.1, 0.15) is 44.9 Å². The highest BCUT2D eigenvalue weighted by molar-refractivity contribution is 5.05. The monoisotopic (exact) mass is 200 g/mol. The molecule has 0 aromatic heterocycles. The van der Waals surface area contributed by atoms with E-state index in [0.29, 0.717) is 6.61 Å². The second-order valence-electron chi connectivity index (χ2n) is 3.48. The highest BCUT2D eigenvalue weighted by Gasteiger charge is 1.89. The van der Waals surface area contributed by atoms with Gasteiger partial charge in [0.15, 0.2) is 0 Å². The number of aliphatic hydroxyl groups is 1. The molecule has 0 unspecified atom stereocenters. The maximum Gasteiger partial charge on any atom is 0.115 e. The molecule has 0 aliphatic heterocycles. The summed E-state index contributed by atoms with van der Waals surface area (Å²) in [5, 5.41) is 8.54. The van der Waals surface area contributed by atoms with Gasteiger partial charge in [-0.2, -0.15) is 0 Å². The Balaban J connectivity index is 3.02. The predicted molar refractivity (Wildman–Crippen MR) is 58.8 cm³/mol. The Morgan fingerprint density at radius 1 is 1.07 bits per heavy atom. The third kappa shape index (κ3) is 11.4. The maximum atomic E-state index is 12.1. The SMILES string of the molecule is C=C(F)/C=C/CCCCCCCCO. The summed E-state index contributed by atoms with van der Waals surface area (Å²) in [6, 6.07) is 0. The van der Waals surface area contributed by atoms with Crippen molar-refractivity contribution in [2.24, 2.45) is 0 Å². The van der Waals surface area contributed by atoms with Gasteiger partial charge in [0.25, 0.3) is 0 Å². The summed E-state index contributed by atoms with van der Waals surface area (Å²) in [4.78, 5) is 0. The van der Waals surface area contributed by atoms with E-state index in [-0.39, 0.29) is 5.83 Å². The fraction of sp³-hybridized carbons (Fsp3) is 0.667. The molecule has 0 fully saturated rings. The Labute approximate surface area is 86.3 Å². The average Bonchev–Trinajstić information content (AvgIpc) is 2.15. The summed E-state index contributed by atoms with van der Waals surface area (Å²) in [5.41, 5.74) is 0. The van der Waals surface area contributed by atoms with E-state index in [1.54, 1.807) is 0 Å². The lowest BCUT2D eigenvalue weighted by molar-refractivity contribution is 0.282. The van der Waals surface area contributed by atoms with Crippen LogP contribution in [0.15, 0.2) is 24.6 Å². The van der Waals surface area contributed by atoms with E-state index in [1.807, 2.05) is 6.08 Å². The standard InChI is InChI=1S/C12H21FO/c1-12(13)10-8-6-4-2-3-5-7-9-11-14/h8,10,14H,1-7,9,11H2/b10-8+. The normalized spacial score (nSPS) is 11.0. The van der Waals surface area contributed by atoms with E-state index in [9.17, 15) is 4.39 Å². The summed E-state index contributed by atoms with van der Waals surface area (Å²) in [6.45, 7) is 3.45. The van der Waals surface area contributed by atoms with Crippen molar-refractivity contribution >= 4 is 0 Å². The first-order chi connectivity index (χ1) is 6.77. The van der Waals surface area contributed by atoms with E-state index in [4.69, 9.17) is 5.11 Å². The van der Waals surface area contributed by atoms with Crippen LogP contribution in [0.25, 0.3) is 0 Å². The molecule has 0 radical (unpaired) electrons. The zero-order valence-electron chi connectivity index (χ0n) is 8.84. The number of hydrogen-bond donors (Lipinski definition) is 1. The Bertz CT molecular complexity index is 164. The molecule has 0 aromatic rings. The smallest absolute Gasteiger partial charge is 0.115 e. The van der Waals surface area contributed by atoms with Gasteiger partial charge < -0.3 is 5.11 Å². The van der Waals surface area contributed by atoms with Crippen LogP contribution in [0.2, 0.25) is 0 Å². The first kappa shape index (κ1) is 13.4. The van der Waals surface area contributed by atoms with Gasteiger partial charge in [-0.25, -0.2) is 4.39 Å². The highest BCUT2D eigenvalue weighted by atomic mass is 19.1. The van der Waals surface area contributed by atoms with Gasteiger partial charge in [0, 0.05) is 6.61 Å². The van der Waals surface area contributed by atoms with Crippen molar-refractivity contribution in [3.8, 4) is 0 Å². The Morgan fingerprint density at radius 3 is 2.21 bits per heavy atom. The zero-order chi connectivity index (χ0) is 10.6. The van der Waals surface area contributed by atoms with Gasteiger partial charge >= 0.3 is 0 Å². The molecule has 1 nitrogen and oxygen atoms in total. The van der Waals surface area contributed by atoms with E-state index < -0.39 is 0 Å². The molecule has 0 rings (SSSR count). The van der Waals surface area contributed by atoms with Gasteiger partial charge in [0.05, 0.1) is 0 Å². The van der Waals surface area contributed by atoms with Crippen LogP contribution in [0, 0.1) is 0 Å². The Hall–Kier alpha value is -0.630. The average molecular weight is 200 g/mol. The van der Waals surface area contributed by atoms with Crippen molar-refractivity contribution in [3.63, 3.8) is 0 Å². The number of rotatable bonds is 9. The fourth-order valence-corrected chi connectivity index (χ4v) is 1.29.